The van der Waals surface area contributed by atoms with E-state index in [0.29, 0.717) is 13.0 Å². The van der Waals surface area contributed by atoms with Crippen molar-refractivity contribution in [2.45, 2.75) is 32.6 Å². The number of ether oxygens (including phenoxy) is 1. The third kappa shape index (κ3) is 3.92. The largest absolute Gasteiger partial charge is 0.465 e. The SMILES string of the molecule is CCOC(=O)C1(Cc2ccccc2)C(=O)N(CCN(CC)CC)c2ccccc21. The van der Waals surface area contributed by atoms with Gasteiger partial charge in [0.05, 0.1) is 6.61 Å². The number of fused-ring (bicyclic) bond motifs is 1. The Morgan fingerprint density at radius 1 is 1.00 bits per heavy atom. The summed E-state index contributed by atoms with van der Waals surface area (Å²) in [5, 5.41) is 0. The second kappa shape index (κ2) is 9.23. The van der Waals surface area contributed by atoms with E-state index in [1.165, 1.54) is 0 Å². The summed E-state index contributed by atoms with van der Waals surface area (Å²) in [4.78, 5) is 31.1. The van der Waals surface area contributed by atoms with Crippen LogP contribution >= 0.6 is 0 Å². The highest BCUT2D eigenvalue weighted by atomic mass is 16.5. The fourth-order valence-corrected chi connectivity index (χ4v) is 4.12. The van der Waals surface area contributed by atoms with Gasteiger partial charge in [-0.3, -0.25) is 9.59 Å². The normalized spacial score (nSPS) is 18.2. The zero-order chi connectivity index (χ0) is 20.9. The summed E-state index contributed by atoms with van der Waals surface area (Å²) in [6, 6.07) is 17.3. The Labute approximate surface area is 173 Å². The lowest BCUT2D eigenvalue weighted by Crippen LogP contribution is -2.50. The van der Waals surface area contributed by atoms with E-state index in [-0.39, 0.29) is 12.5 Å². The Morgan fingerprint density at radius 3 is 2.31 bits per heavy atom. The Morgan fingerprint density at radius 2 is 1.66 bits per heavy atom. The van der Waals surface area contributed by atoms with Gasteiger partial charge in [-0.25, -0.2) is 0 Å². The highest BCUT2D eigenvalue weighted by Gasteiger charge is 2.57. The maximum Gasteiger partial charge on any atom is 0.326 e. The van der Waals surface area contributed by atoms with Crippen LogP contribution in [0.3, 0.4) is 0 Å². The Hall–Kier alpha value is -2.66. The van der Waals surface area contributed by atoms with Crippen molar-refractivity contribution in [1.29, 1.82) is 0 Å². The van der Waals surface area contributed by atoms with Gasteiger partial charge in [0.25, 0.3) is 0 Å². The monoisotopic (exact) mass is 394 g/mol. The van der Waals surface area contributed by atoms with E-state index in [9.17, 15) is 9.59 Å². The molecule has 2 aromatic rings. The molecule has 3 rings (SSSR count). The van der Waals surface area contributed by atoms with Crippen molar-refractivity contribution >= 4 is 17.6 Å². The smallest absolute Gasteiger partial charge is 0.326 e. The average molecular weight is 395 g/mol. The first-order valence-electron chi connectivity index (χ1n) is 10.4. The highest BCUT2D eigenvalue weighted by Crippen LogP contribution is 2.44. The Bertz CT molecular complexity index is 848. The summed E-state index contributed by atoms with van der Waals surface area (Å²) in [6.45, 7) is 9.40. The summed E-state index contributed by atoms with van der Waals surface area (Å²) in [7, 11) is 0. The van der Waals surface area contributed by atoms with Gasteiger partial charge >= 0.3 is 5.97 Å². The summed E-state index contributed by atoms with van der Waals surface area (Å²) in [5.41, 5.74) is 1.16. The van der Waals surface area contributed by atoms with Crippen molar-refractivity contribution in [1.82, 2.24) is 4.90 Å². The molecule has 0 spiro atoms. The predicted molar refractivity (Wildman–Crippen MR) is 115 cm³/mol. The molecule has 1 amide bonds. The fourth-order valence-electron chi connectivity index (χ4n) is 4.12. The van der Waals surface area contributed by atoms with Gasteiger partial charge < -0.3 is 14.5 Å². The van der Waals surface area contributed by atoms with E-state index >= 15 is 0 Å². The van der Waals surface area contributed by atoms with Gasteiger partial charge in [-0.2, -0.15) is 0 Å². The number of carbonyl (C=O) groups is 2. The third-order valence-corrected chi connectivity index (χ3v) is 5.74. The van der Waals surface area contributed by atoms with Gasteiger partial charge in [0.2, 0.25) is 5.91 Å². The topological polar surface area (TPSA) is 49.9 Å². The first kappa shape index (κ1) is 21.1. The van der Waals surface area contributed by atoms with Crippen LogP contribution in [-0.2, 0) is 26.2 Å². The number of para-hydroxylation sites is 1. The molecule has 2 aromatic carbocycles. The van der Waals surface area contributed by atoms with Gasteiger partial charge in [-0.1, -0.05) is 62.4 Å². The number of likely N-dealkylation sites (N-methyl/N-ethyl adjacent to an activating group) is 1. The molecule has 0 bridgehead atoms. The van der Waals surface area contributed by atoms with Crippen LogP contribution in [-0.4, -0.2) is 49.6 Å². The number of esters is 1. The molecule has 0 radical (unpaired) electrons. The van der Waals surface area contributed by atoms with Crippen molar-refractivity contribution in [3.8, 4) is 0 Å². The second-order valence-electron chi connectivity index (χ2n) is 7.29. The molecule has 29 heavy (non-hydrogen) atoms. The number of amides is 1. The van der Waals surface area contributed by atoms with Crippen LogP contribution in [0.2, 0.25) is 0 Å². The lowest BCUT2D eigenvalue weighted by atomic mass is 9.76. The Kier molecular flexibility index (Phi) is 6.70. The quantitative estimate of drug-likeness (QED) is 0.483. The second-order valence-corrected chi connectivity index (χ2v) is 7.29. The average Bonchev–Trinajstić information content (AvgIpc) is 2.99. The molecule has 1 aliphatic heterocycles. The van der Waals surface area contributed by atoms with Crippen LogP contribution in [0.5, 0.6) is 0 Å². The van der Waals surface area contributed by atoms with Crippen LogP contribution in [0.15, 0.2) is 54.6 Å². The summed E-state index contributed by atoms with van der Waals surface area (Å²) in [5.74, 6) is -0.653. The van der Waals surface area contributed by atoms with Crippen molar-refractivity contribution in [2.24, 2.45) is 0 Å². The van der Waals surface area contributed by atoms with Crippen LogP contribution < -0.4 is 4.90 Å². The fraction of sp³-hybridized carbons (Fsp3) is 0.417. The van der Waals surface area contributed by atoms with E-state index in [1.54, 1.807) is 11.8 Å². The van der Waals surface area contributed by atoms with Gasteiger partial charge in [-0.05, 0) is 31.6 Å². The minimum atomic E-state index is -1.34. The van der Waals surface area contributed by atoms with E-state index in [0.717, 1.165) is 36.4 Å². The van der Waals surface area contributed by atoms with Gasteiger partial charge in [0.15, 0.2) is 5.41 Å². The molecule has 5 heteroatoms. The summed E-state index contributed by atoms with van der Waals surface area (Å²) < 4.78 is 5.45. The molecule has 0 N–H and O–H groups in total. The van der Waals surface area contributed by atoms with E-state index in [1.807, 2.05) is 54.6 Å². The standard InChI is InChI=1S/C24H30N2O3/c1-4-25(5-2)16-17-26-21-15-11-10-14-20(21)24(22(26)27,23(28)29-6-3)18-19-12-8-7-9-13-19/h7-15H,4-6,16-18H2,1-3H3. The van der Waals surface area contributed by atoms with Crippen molar-refractivity contribution in [2.75, 3.05) is 37.7 Å². The highest BCUT2D eigenvalue weighted by molar-refractivity contribution is 6.20. The summed E-state index contributed by atoms with van der Waals surface area (Å²) in [6.07, 6.45) is 0.296. The molecule has 5 nitrogen and oxygen atoms in total. The minimum absolute atomic E-state index is 0.187. The van der Waals surface area contributed by atoms with E-state index < -0.39 is 11.4 Å². The first-order valence-corrected chi connectivity index (χ1v) is 10.4. The molecule has 1 heterocycles. The summed E-state index contributed by atoms with van der Waals surface area (Å²) >= 11 is 0. The first-order chi connectivity index (χ1) is 14.1. The van der Waals surface area contributed by atoms with Crippen molar-refractivity contribution < 1.29 is 14.3 Å². The third-order valence-electron chi connectivity index (χ3n) is 5.74. The van der Waals surface area contributed by atoms with Crippen molar-refractivity contribution in [3.05, 3.63) is 65.7 Å². The zero-order valence-electron chi connectivity index (χ0n) is 17.6. The van der Waals surface area contributed by atoms with Crippen LogP contribution in [0, 0.1) is 0 Å². The Balaban J connectivity index is 2.05. The maximum atomic E-state index is 13.8. The number of hydrogen-bond acceptors (Lipinski definition) is 4. The molecule has 1 unspecified atom stereocenters. The molecule has 1 atom stereocenters. The minimum Gasteiger partial charge on any atom is -0.465 e. The number of rotatable bonds is 9. The lowest BCUT2D eigenvalue weighted by molar-refractivity contribution is -0.153. The molecule has 1 aliphatic rings. The maximum absolute atomic E-state index is 13.8. The van der Waals surface area contributed by atoms with Gasteiger partial charge in [-0.15, -0.1) is 0 Å². The van der Waals surface area contributed by atoms with Crippen LogP contribution in [0.4, 0.5) is 5.69 Å². The molecule has 154 valence electrons. The van der Waals surface area contributed by atoms with Crippen LogP contribution in [0.1, 0.15) is 31.9 Å². The molecule has 0 saturated heterocycles. The number of anilines is 1. The zero-order valence-corrected chi connectivity index (χ0v) is 17.6. The van der Waals surface area contributed by atoms with Crippen molar-refractivity contribution in [3.63, 3.8) is 0 Å². The molecule has 0 aliphatic carbocycles. The molecule has 0 fully saturated rings. The molecule has 0 aromatic heterocycles. The lowest BCUT2D eigenvalue weighted by Gasteiger charge is -2.28. The van der Waals surface area contributed by atoms with Crippen LogP contribution in [0.25, 0.3) is 0 Å². The predicted octanol–water partition coefficient (Wildman–Crippen LogP) is 3.42. The van der Waals surface area contributed by atoms with E-state index in [4.69, 9.17) is 4.74 Å². The number of benzene rings is 2. The van der Waals surface area contributed by atoms with Gasteiger partial charge in [0, 0.05) is 30.8 Å². The number of carbonyl (C=O) groups excluding carboxylic acids is 2. The molecular weight excluding hydrogens is 364 g/mol. The molecular formula is C24H30N2O3. The van der Waals surface area contributed by atoms with E-state index in [2.05, 4.69) is 18.7 Å². The number of nitrogens with zero attached hydrogens (tertiary/aromatic N) is 2. The van der Waals surface area contributed by atoms with Gasteiger partial charge in [0.1, 0.15) is 0 Å². The number of hydrogen-bond donors (Lipinski definition) is 0. The molecule has 0 saturated carbocycles.